The van der Waals surface area contributed by atoms with Crippen LogP contribution in [0.5, 0.6) is 0 Å². The lowest BCUT2D eigenvalue weighted by Gasteiger charge is -2.16. The Labute approximate surface area is 122 Å². The Bertz CT molecular complexity index is 402. The van der Waals surface area contributed by atoms with Gasteiger partial charge in [-0.2, -0.15) is 0 Å². The maximum absolute atomic E-state index is 10.9. The Kier molecular flexibility index (Phi) is 6.16. The molecule has 0 heterocycles. The lowest BCUT2D eigenvalue weighted by atomic mass is 9.97. The lowest BCUT2D eigenvalue weighted by molar-refractivity contribution is -0.117. The number of alkyl halides is 2. The molecule has 1 amide bonds. The van der Waals surface area contributed by atoms with Crippen LogP contribution in [0.4, 0.5) is 0 Å². The third-order valence-electron chi connectivity index (χ3n) is 3.08. The minimum Gasteiger partial charge on any atom is -0.369 e. The van der Waals surface area contributed by atoms with E-state index in [-0.39, 0.29) is 16.1 Å². The van der Waals surface area contributed by atoms with Crippen LogP contribution in [-0.2, 0) is 4.79 Å². The highest BCUT2D eigenvalue weighted by molar-refractivity contribution is 9.10. The highest BCUT2D eigenvalue weighted by Gasteiger charge is 2.15. The molecule has 2 nitrogen and oxygen atoms in total. The summed E-state index contributed by atoms with van der Waals surface area (Å²) in [6.07, 6.45) is 2.45. The van der Waals surface area contributed by atoms with Gasteiger partial charge in [0.15, 0.2) is 0 Å². The van der Waals surface area contributed by atoms with Crippen molar-refractivity contribution in [2.75, 3.05) is 0 Å². The Morgan fingerprint density at radius 2 is 1.89 bits per heavy atom. The number of amides is 1. The second kappa shape index (κ2) is 7.15. The number of benzene rings is 1. The number of nitrogens with two attached hydrogens (primary N) is 1. The number of hydrogen-bond donors (Lipinski definition) is 1. The van der Waals surface area contributed by atoms with Gasteiger partial charge in [-0.1, -0.05) is 40.5 Å². The van der Waals surface area contributed by atoms with Crippen LogP contribution in [0, 0.1) is 13.8 Å². The molecule has 100 valence electrons. The highest BCUT2D eigenvalue weighted by Crippen LogP contribution is 2.31. The van der Waals surface area contributed by atoms with Crippen LogP contribution in [0.3, 0.4) is 0 Å². The van der Waals surface area contributed by atoms with Gasteiger partial charge in [0.05, 0.1) is 10.2 Å². The van der Waals surface area contributed by atoms with E-state index >= 15 is 0 Å². The minimum absolute atomic E-state index is 0.00113. The summed E-state index contributed by atoms with van der Waals surface area (Å²) >= 11 is 9.71. The van der Waals surface area contributed by atoms with Crippen molar-refractivity contribution in [3.8, 4) is 0 Å². The zero-order valence-corrected chi connectivity index (χ0v) is 13.1. The van der Waals surface area contributed by atoms with Gasteiger partial charge in [0.2, 0.25) is 5.91 Å². The molecular weight excluding hydrogens is 314 g/mol. The molecule has 0 saturated heterocycles. The first kappa shape index (κ1) is 15.5. The van der Waals surface area contributed by atoms with Crippen molar-refractivity contribution in [3.05, 3.63) is 34.9 Å². The average Bonchev–Trinajstić information content (AvgIpc) is 2.28. The molecule has 0 saturated carbocycles. The van der Waals surface area contributed by atoms with E-state index in [4.69, 9.17) is 17.3 Å². The van der Waals surface area contributed by atoms with Crippen molar-refractivity contribution in [1.29, 1.82) is 0 Å². The molecule has 0 radical (unpaired) electrons. The summed E-state index contributed by atoms with van der Waals surface area (Å²) in [6, 6.07) is 6.20. The topological polar surface area (TPSA) is 43.1 Å². The molecule has 1 aromatic rings. The predicted octanol–water partition coefficient (Wildman–Crippen LogP) is 4.00. The van der Waals surface area contributed by atoms with Gasteiger partial charge in [-0.25, -0.2) is 0 Å². The maximum atomic E-state index is 10.9. The molecule has 18 heavy (non-hydrogen) atoms. The van der Waals surface area contributed by atoms with Gasteiger partial charge in [-0.15, -0.1) is 11.6 Å². The van der Waals surface area contributed by atoms with E-state index in [1.54, 1.807) is 0 Å². The summed E-state index contributed by atoms with van der Waals surface area (Å²) in [5.74, 6) is -0.312. The molecule has 2 atom stereocenters. The third-order valence-corrected chi connectivity index (χ3v) is 4.42. The van der Waals surface area contributed by atoms with Crippen LogP contribution < -0.4 is 5.73 Å². The molecule has 0 aromatic heterocycles. The molecule has 2 unspecified atom stereocenters. The van der Waals surface area contributed by atoms with Crippen molar-refractivity contribution in [2.45, 2.75) is 43.3 Å². The predicted molar refractivity (Wildman–Crippen MR) is 80.3 cm³/mol. The summed E-state index contributed by atoms with van der Waals surface area (Å²) in [5, 5.41) is -0.00113. The van der Waals surface area contributed by atoms with Gasteiger partial charge in [-0.3, -0.25) is 4.79 Å². The normalized spacial score (nSPS) is 14.2. The van der Waals surface area contributed by atoms with E-state index in [0.717, 1.165) is 19.3 Å². The second-order valence-electron chi connectivity index (χ2n) is 4.57. The number of primary amides is 1. The summed E-state index contributed by atoms with van der Waals surface area (Å²) in [6.45, 7) is 4.16. The first-order chi connectivity index (χ1) is 8.43. The van der Waals surface area contributed by atoms with Crippen LogP contribution in [0.2, 0.25) is 0 Å². The molecule has 0 aliphatic carbocycles. The van der Waals surface area contributed by atoms with Crippen LogP contribution in [0.1, 0.15) is 41.3 Å². The van der Waals surface area contributed by atoms with Crippen molar-refractivity contribution >= 4 is 33.4 Å². The number of halogens is 2. The van der Waals surface area contributed by atoms with E-state index in [0.29, 0.717) is 0 Å². The van der Waals surface area contributed by atoms with Crippen molar-refractivity contribution in [3.63, 3.8) is 0 Å². The molecule has 1 aromatic carbocycles. The first-order valence-electron chi connectivity index (χ1n) is 6.07. The van der Waals surface area contributed by atoms with Crippen LogP contribution in [-0.4, -0.2) is 10.7 Å². The standard InChI is InChI=1S/C14H19BrClNO/c1-9-5-3-6-10(2)13(9)12(16)8-4-7-11(15)14(17)18/h3,5-6,11-12H,4,7-8H2,1-2H3,(H2,17,18). The van der Waals surface area contributed by atoms with Crippen molar-refractivity contribution in [1.82, 2.24) is 0 Å². The number of rotatable bonds is 6. The summed E-state index contributed by atoms with van der Waals surface area (Å²) < 4.78 is 0. The molecule has 0 aliphatic rings. The quantitative estimate of drug-likeness (QED) is 0.786. The molecule has 0 fully saturated rings. The molecule has 2 N–H and O–H groups in total. The van der Waals surface area contributed by atoms with Crippen LogP contribution >= 0.6 is 27.5 Å². The van der Waals surface area contributed by atoms with Gasteiger partial charge in [0, 0.05) is 0 Å². The SMILES string of the molecule is Cc1cccc(C)c1C(Cl)CCCC(Br)C(N)=O. The van der Waals surface area contributed by atoms with Gasteiger partial charge in [0.1, 0.15) is 0 Å². The Morgan fingerprint density at radius 3 is 2.39 bits per heavy atom. The van der Waals surface area contributed by atoms with E-state index in [9.17, 15) is 4.79 Å². The molecule has 0 aliphatic heterocycles. The van der Waals surface area contributed by atoms with Gasteiger partial charge < -0.3 is 5.73 Å². The molecular formula is C14H19BrClNO. The van der Waals surface area contributed by atoms with Gasteiger partial charge in [-0.05, 0) is 43.4 Å². The lowest BCUT2D eigenvalue weighted by Crippen LogP contribution is -2.22. The number of hydrogen-bond acceptors (Lipinski definition) is 1. The minimum atomic E-state index is -0.312. The van der Waals surface area contributed by atoms with Crippen LogP contribution in [0.25, 0.3) is 0 Å². The number of aryl methyl sites for hydroxylation is 2. The summed E-state index contributed by atoms with van der Waals surface area (Å²) in [4.78, 5) is 10.6. The maximum Gasteiger partial charge on any atom is 0.231 e. The zero-order valence-electron chi connectivity index (χ0n) is 10.7. The number of carbonyl (C=O) groups is 1. The highest BCUT2D eigenvalue weighted by atomic mass is 79.9. The first-order valence-corrected chi connectivity index (χ1v) is 7.42. The fourth-order valence-corrected chi connectivity index (χ4v) is 2.91. The molecule has 0 spiro atoms. The molecule has 4 heteroatoms. The fourth-order valence-electron chi connectivity index (χ4n) is 2.08. The Hall–Kier alpha value is -0.540. The monoisotopic (exact) mass is 331 g/mol. The Morgan fingerprint density at radius 1 is 1.33 bits per heavy atom. The van der Waals surface area contributed by atoms with Crippen LogP contribution in [0.15, 0.2) is 18.2 Å². The number of carbonyl (C=O) groups excluding carboxylic acids is 1. The van der Waals surface area contributed by atoms with Gasteiger partial charge in [0.25, 0.3) is 0 Å². The van der Waals surface area contributed by atoms with E-state index < -0.39 is 0 Å². The largest absolute Gasteiger partial charge is 0.369 e. The van der Waals surface area contributed by atoms with Crippen molar-refractivity contribution < 1.29 is 4.79 Å². The summed E-state index contributed by atoms with van der Waals surface area (Å²) in [7, 11) is 0. The molecule has 0 bridgehead atoms. The van der Waals surface area contributed by atoms with Gasteiger partial charge >= 0.3 is 0 Å². The average molecular weight is 333 g/mol. The third kappa shape index (κ3) is 4.29. The zero-order chi connectivity index (χ0) is 13.7. The smallest absolute Gasteiger partial charge is 0.231 e. The van der Waals surface area contributed by atoms with E-state index in [1.165, 1.54) is 16.7 Å². The molecule has 1 rings (SSSR count). The van der Waals surface area contributed by atoms with Crippen molar-refractivity contribution in [2.24, 2.45) is 5.73 Å². The second-order valence-corrected chi connectivity index (χ2v) is 6.21. The summed E-state index contributed by atoms with van der Waals surface area (Å²) in [5.41, 5.74) is 8.85. The fraction of sp³-hybridized carbons (Fsp3) is 0.500. The Balaban J connectivity index is 2.56. The van der Waals surface area contributed by atoms with E-state index in [2.05, 4.69) is 41.9 Å². The van der Waals surface area contributed by atoms with E-state index in [1.807, 2.05) is 6.07 Å².